The number of unbranched alkanes of at least 4 members (excludes halogenated alkanes) is 12. The monoisotopic (exact) mass is 525 g/mol. The van der Waals surface area contributed by atoms with E-state index in [1.54, 1.807) is 0 Å². The average molecular weight is 526 g/mol. The molecule has 9 heteroatoms. The van der Waals surface area contributed by atoms with Crippen LogP contribution in [0.3, 0.4) is 0 Å². The number of hydrogen-bond donors (Lipinski definition) is 1. The van der Waals surface area contributed by atoms with Crippen molar-refractivity contribution in [1.29, 1.82) is 0 Å². The summed E-state index contributed by atoms with van der Waals surface area (Å²) in [5.41, 5.74) is 0.0278. The lowest BCUT2D eigenvalue weighted by molar-refractivity contribution is -0.870. The molecule has 1 rings (SSSR count). The highest BCUT2D eigenvalue weighted by Crippen LogP contribution is 2.29. The lowest BCUT2D eigenvalue weighted by atomic mass is 10.0. The van der Waals surface area contributed by atoms with Gasteiger partial charge in [0.25, 0.3) is 5.69 Å². The first-order valence-electron chi connectivity index (χ1n) is 13.6. The van der Waals surface area contributed by atoms with E-state index in [9.17, 15) is 19.5 Å². The number of anilines is 1. The van der Waals surface area contributed by atoms with Crippen molar-refractivity contribution in [1.82, 2.24) is 0 Å². The Labute approximate surface area is 218 Å². The van der Waals surface area contributed by atoms with Gasteiger partial charge in [-0.25, -0.2) is 0 Å². The zero-order valence-corrected chi connectivity index (χ0v) is 23.8. The van der Waals surface area contributed by atoms with Crippen molar-refractivity contribution in [2.75, 3.05) is 39.6 Å². The van der Waals surface area contributed by atoms with Gasteiger partial charge in [0.15, 0.2) is 6.61 Å². The second-order valence-corrected chi connectivity index (χ2v) is 11.9. The highest BCUT2D eigenvalue weighted by Gasteiger charge is 2.30. The zero-order chi connectivity index (χ0) is 26.8. The summed E-state index contributed by atoms with van der Waals surface area (Å²) in [5, 5.41) is 14.2. The number of benzene rings is 1. The molecule has 1 amide bonds. The van der Waals surface area contributed by atoms with Gasteiger partial charge in [0.1, 0.15) is 12.2 Å². The molecule has 0 aliphatic rings. The maximum absolute atomic E-state index is 12.7. The first-order valence-corrected chi connectivity index (χ1v) is 14.8. The smallest absolute Gasteiger partial charge is 0.329 e. The standard InChI is InChI=1S/C27H47N3O5P/c1-5-6-7-8-9-10-11-12-13-14-15-16-17-18-27(31)28-25-23-24(29(32)33)19-20-26(25)36(34)35-22-21-30(2,3)4/h19-20,23H,5-18,21-22H2,1-4H3/q+1/p+1. The van der Waals surface area contributed by atoms with Gasteiger partial charge in [0.2, 0.25) is 11.2 Å². The molecule has 0 aliphatic carbocycles. The van der Waals surface area contributed by atoms with E-state index in [2.05, 4.69) is 12.2 Å². The second kappa shape index (κ2) is 18.4. The molecule has 36 heavy (non-hydrogen) atoms. The molecule has 0 fully saturated rings. The van der Waals surface area contributed by atoms with E-state index in [0.717, 1.165) is 19.3 Å². The van der Waals surface area contributed by atoms with Gasteiger partial charge in [-0.05, 0) is 11.0 Å². The van der Waals surface area contributed by atoms with Gasteiger partial charge in [-0.3, -0.25) is 14.9 Å². The zero-order valence-electron chi connectivity index (χ0n) is 22.9. The molecule has 1 N–H and O–H groups in total. The lowest BCUT2D eigenvalue weighted by Crippen LogP contribution is -2.37. The summed E-state index contributed by atoms with van der Waals surface area (Å²) < 4.78 is 18.8. The molecule has 8 nitrogen and oxygen atoms in total. The number of hydrogen-bond acceptors (Lipinski definition) is 5. The molecule has 1 unspecified atom stereocenters. The van der Waals surface area contributed by atoms with E-state index in [-0.39, 0.29) is 29.2 Å². The van der Waals surface area contributed by atoms with Crippen LogP contribution < -0.4 is 10.6 Å². The normalized spacial score (nSPS) is 11.9. The fourth-order valence-electron chi connectivity index (χ4n) is 3.88. The Bertz CT molecular complexity index is 811. The first-order chi connectivity index (χ1) is 17.1. The summed E-state index contributed by atoms with van der Waals surface area (Å²) in [7, 11) is 3.77. The number of nitrogens with one attached hydrogen (secondary N) is 1. The number of nitrogens with zero attached hydrogens (tertiary/aromatic N) is 2. The molecule has 0 saturated heterocycles. The minimum Gasteiger partial charge on any atom is -0.329 e. The summed E-state index contributed by atoms with van der Waals surface area (Å²) in [5.74, 6) is -0.227. The summed E-state index contributed by atoms with van der Waals surface area (Å²) in [4.78, 5) is 23.2. The Morgan fingerprint density at radius 1 is 0.944 bits per heavy atom. The number of carbonyl (C=O) groups is 1. The highest BCUT2D eigenvalue weighted by atomic mass is 31.1. The quantitative estimate of drug-likeness (QED) is 0.0606. The van der Waals surface area contributed by atoms with Crippen molar-refractivity contribution in [2.45, 2.75) is 96.8 Å². The van der Waals surface area contributed by atoms with Gasteiger partial charge in [0, 0.05) is 24.6 Å². The Balaban J connectivity index is 2.37. The number of nitro groups is 1. The number of quaternary nitrogens is 1. The fourth-order valence-corrected chi connectivity index (χ4v) is 4.78. The molecule has 1 aromatic rings. The lowest BCUT2D eigenvalue weighted by Gasteiger charge is -2.21. The highest BCUT2D eigenvalue weighted by molar-refractivity contribution is 7.48. The van der Waals surface area contributed by atoms with E-state index >= 15 is 0 Å². The second-order valence-electron chi connectivity index (χ2n) is 10.6. The maximum atomic E-state index is 12.7. The molecule has 0 saturated carbocycles. The third-order valence-electron chi connectivity index (χ3n) is 6.14. The van der Waals surface area contributed by atoms with Crippen LogP contribution in [0, 0.1) is 10.1 Å². The van der Waals surface area contributed by atoms with Crippen molar-refractivity contribution >= 4 is 30.6 Å². The van der Waals surface area contributed by atoms with Crippen LogP contribution in [0.2, 0.25) is 0 Å². The number of non-ortho nitro benzene ring substituents is 1. The Morgan fingerprint density at radius 3 is 1.97 bits per heavy atom. The van der Waals surface area contributed by atoms with Crippen LogP contribution >= 0.6 is 8.03 Å². The molecule has 0 bridgehead atoms. The molecule has 0 radical (unpaired) electrons. The van der Waals surface area contributed by atoms with Gasteiger partial charge < -0.3 is 9.80 Å². The molecule has 1 aromatic carbocycles. The van der Waals surface area contributed by atoms with Gasteiger partial charge in [0.05, 0.1) is 26.1 Å². The molecule has 0 heterocycles. The van der Waals surface area contributed by atoms with Gasteiger partial charge >= 0.3 is 8.03 Å². The molecular formula is C27H48N3O5P+2. The molecule has 0 spiro atoms. The van der Waals surface area contributed by atoms with E-state index in [1.165, 1.54) is 82.4 Å². The van der Waals surface area contributed by atoms with Crippen molar-refractivity contribution in [3.8, 4) is 0 Å². The summed E-state index contributed by atoms with van der Waals surface area (Å²) >= 11 is 0. The van der Waals surface area contributed by atoms with Crippen LogP contribution in [-0.4, -0.2) is 49.6 Å². The Kier molecular flexibility index (Phi) is 16.4. The van der Waals surface area contributed by atoms with Gasteiger partial charge in [-0.2, -0.15) is 0 Å². The van der Waals surface area contributed by atoms with Crippen LogP contribution in [0.4, 0.5) is 11.4 Å². The van der Waals surface area contributed by atoms with E-state index in [4.69, 9.17) is 4.52 Å². The molecular weight excluding hydrogens is 477 g/mol. The maximum Gasteiger partial charge on any atom is 0.551 e. The minimum atomic E-state index is -2.24. The van der Waals surface area contributed by atoms with Crippen LogP contribution in [0.5, 0.6) is 0 Å². The van der Waals surface area contributed by atoms with Crippen LogP contribution in [-0.2, 0) is 13.9 Å². The van der Waals surface area contributed by atoms with Gasteiger partial charge in [-0.15, -0.1) is 4.52 Å². The topological polar surface area (TPSA) is 98.5 Å². The Hall–Kier alpha value is -1.89. The molecule has 204 valence electrons. The Morgan fingerprint density at radius 2 is 1.47 bits per heavy atom. The van der Waals surface area contributed by atoms with Crippen molar-refractivity contribution < 1.29 is 23.3 Å². The van der Waals surface area contributed by atoms with Crippen LogP contribution in [0.1, 0.15) is 96.8 Å². The first kappa shape index (κ1) is 32.1. The summed E-state index contributed by atoms with van der Waals surface area (Å²) in [6, 6.07) is 3.95. The summed E-state index contributed by atoms with van der Waals surface area (Å²) in [6.45, 7) is 3.19. The number of nitro benzene ring substituents is 1. The van der Waals surface area contributed by atoms with Crippen LogP contribution in [0.15, 0.2) is 18.2 Å². The average Bonchev–Trinajstić information content (AvgIpc) is 2.81. The molecule has 1 atom stereocenters. The fraction of sp³-hybridized carbons (Fsp3) is 0.741. The van der Waals surface area contributed by atoms with E-state index < -0.39 is 13.0 Å². The van der Waals surface area contributed by atoms with E-state index in [1.807, 2.05) is 21.1 Å². The van der Waals surface area contributed by atoms with Crippen molar-refractivity contribution in [2.24, 2.45) is 0 Å². The minimum absolute atomic E-state index is 0.162. The number of likely N-dealkylation sites (N-methyl/N-ethyl adjacent to an activating group) is 1. The molecule has 0 aliphatic heterocycles. The summed E-state index contributed by atoms with van der Waals surface area (Å²) in [6.07, 6.45) is 16.3. The third kappa shape index (κ3) is 15.3. The third-order valence-corrected chi connectivity index (χ3v) is 7.34. The molecule has 0 aromatic heterocycles. The number of amides is 1. The number of carbonyl (C=O) groups excluding carboxylic acids is 1. The predicted molar refractivity (Wildman–Crippen MR) is 148 cm³/mol. The van der Waals surface area contributed by atoms with Crippen molar-refractivity contribution in [3.63, 3.8) is 0 Å². The van der Waals surface area contributed by atoms with Crippen molar-refractivity contribution in [3.05, 3.63) is 28.3 Å². The van der Waals surface area contributed by atoms with Gasteiger partial charge in [-0.1, -0.05) is 84.0 Å². The SMILES string of the molecule is CCCCCCCCCCCCCCCC(=O)Nc1cc([N+](=O)[O-])ccc1[P+](=O)OCC[N+](C)(C)C. The number of rotatable bonds is 21. The van der Waals surface area contributed by atoms with Crippen LogP contribution in [0.25, 0.3) is 0 Å². The van der Waals surface area contributed by atoms with E-state index in [0.29, 0.717) is 17.4 Å². The largest absolute Gasteiger partial charge is 0.551 e. The predicted octanol–water partition coefficient (Wildman–Crippen LogP) is 7.11.